The van der Waals surface area contributed by atoms with Gasteiger partial charge in [0.05, 0.1) is 16.4 Å². The molecule has 5 heteroatoms. The monoisotopic (exact) mass is 292 g/mol. The summed E-state index contributed by atoms with van der Waals surface area (Å²) in [6, 6.07) is 0.329. The number of hydrogen-bond donors (Lipinski definition) is 1. The summed E-state index contributed by atoms with van der Waals surface area (Å²) < 4.78 is 2.08. The van der Waals surface area contributed by atoms with E-state index in [1.165, 1.54) is 17.0 Å². The second-order valence-corrected chi connectivity index (χ2v) is 6.25. The van der Waals surface area contributed by atoms with Gasteiger partial charge in [-0.1, -0.05) is 0 Å². The lowest BCUT2D eigenvalue weighted by Gasteiger charge is -2.14. The van der Waals surface area contributed by atoms with Gasteiger partial charge in [-0.25, -0.2) is 4.98 Å². The first-order chi connectivity index (χ1) is 9.52. The lowest BCUT2D eigenvalue weighted by molar-refractivity contribution is 0.566. The molecule has 0 bridgehead atoms. The molecular formula is C15H24N4S. The van der Waals surface area contributed by atoms with Gasteiger partial charge in [-0.05, 0) is 34.6 Å². The first-order valence-electron chi connectivity index (χ1n) is 7.21. The number of aryl methyl sites for hydroxylation is 3. The zero-order chi connectivity index (χ0) is 14.7. The normalized spacial score (nSPS) is 12.8. The van der Waals surface area contributed by atoms with Crippen LogP contribution >= 0.6 is 11.3 Å². The standard InChI is InChI=1S/C15H24N4S/c1-6-19-12(4)15(11(3)18-19)10(2)16-8-7-14-9-20-13(5)17-14/h9-10,16H,6-8H2,1-5H3. The van der Waals surface area contributed by atoms with E-state index in [2.05, 4.69) is 60.1 Å². The van der Waals surface area contributed by atoms with Crippen LogP contribution < -0.4 is 5.32 Å². The van der Waals surface area contributed by atoms with Gasteiger partial charge >= 0.3 is 0 Å². The Morgan fingerprint density at radius 3 is 2.65 bits per heavy atom. The summed E-state index contributed by atoms with van der Waals surface area (Å²) in [5.41, 5.74) is 4.93. The third kappa shape index (κ3) is 3.27. The fourth-order valence-corrected chi connectivity index (χ4v) is 3.33. The van der Waals surface area contributed by atoms with Crippen LogP contribution in [0.25, 0.3) is 0 Å². The molecule has 0 aromatic carbocycles. The fraction of sp³-hybridized carbons (Fsp3) is 0.600. The van der Waals surface area contributed by atoms with Gasteiger partial charge in [0.15, 0.2) is 0 Å². The molecule has 2 aromatic rings. The van der Waals surface area contributed by atoms with Gasteiger partial charge < -0.3 is 5.32 Å². The van der Waals surface area contributed by atoms with Gasteiger partial charge in [-0.15, -0.1) is 11.3 Å². The lowest BCUT2D eigenvalue weighted by atomic mass is 10.1. The van der Waals surface area contributed by atoms with Crippen LogP contribution in [0.2, 0.25) is 0 Å². The van der Waals surface area contributed by atoms with E-state index >= 15 is 0 Å². The van der Waals surface area contributed by atoms with Crippen LogP contribution in [0.15, 0.2) is 5.38 Å². The van der Waals surface area contributed by atoms with Crippen molar-refractivity contribution in [3.8, 4) is 0 Å². The molecule has 1 unspecified atom stereocenters. The summed E-state index contributed by atoms with van der Waals surface area (Å²) in [5.74, 6) is 0. The van der Waals surface area contributed by atoms with Crippen molar-refractivity contribution >= 4 is 11.3 Å². The molecule has 0 radical (unpaired) electrons. The number of nitrogens with zero attached hydrogens (tertiary/aromatic N) is 3. The SMILES string of the molecule is CCn1nc(C)c(C(C)NCCc2csc(C)n2)c1C. The van der Waals surface area contributed by atoms with E-state index in [4.69, 9.17) is 0 Å². The van der Waals surface area contributed by atoms with Crippen molar-refractivity contribution in [1.82, 2.24) is 20.1 Å². The van der Waals surface area contributed by atoms with E-state index in [-0.39, 0.29) is 0 Å². The Hall–Kier alpha value is -1.20. The number of thiazole rings is 1. The molecule has 0 spiro atoms. The number of hydrogen-bond acceptors (Lipinski definition) is 4. The Bertz CT molecular complexity index is 570. The van der Waals surface area contributed by atoms with Crippen molar-refractivity contribution in [3.63, 3.8) is 0 Å². The highest BCUT2D eigenvalue weighted by atomic mass is 32.1. The van der Waals surface area contributed by atoms with Crippen molar-refractivity contribution in [2.45, 2.75) is 53.6 Å². The first kappa shape index (κ1) is 15.2. The summed E-state index contributed by atoms with van der Waals surface area (Å²) in [6.07, 6.45) is 0.981. The second kappa shape index (κ2) is 6.50. The van der Waals surface area contributed by atoms with Crippen LogP contribution in [-0.4, -0.2) is 21.3 Å². The van der Waals surface area contributed by atoms with Crippen LogP contribution in [0.1, 0.15) is 47.5 Å². The van der Waals surface area contributed by atoms with Crippen molar-refractivity contribution in [3.05, 3.63) is 33.0 Å². The predicted octanol–water partition coefficient (Wildman–Crippen LogP) is 3.18. The van der Waals surface area contributed by atoms with Crippen LogP contribution in [0.3, 0.4) is 0 Å². The maximum Gasteiger partial charge on any atom is 0.0897 e. The minimum atomic E-state index is 0.329. The molecular weight excluding hydrogens is 268 g/mol. The molecule has 20 heavy (non-hydrogen) atoms. The number of aromatic nitrogens is 3. The minimum Gasteiger partial charge on any atom is -0.310 e. The molecule has 0 fully saturated rings. The van der Waals surface area contributed by atoms with Crippen molar-refractivity contribution < 1.29 is 0 Å². The van der Waals surface area contributed by atoms with Crippen molar-refractivity contribution in [2.24, 2.45) is 0 Å². The molecule has 0 amide bonds. The lowest BCUT2D eigenvalue weighted by Crippen LogP contribution is -2.22. The highest BCUT2D eigenvalue weighted by Crippen LogP contribution is 2.21. The number of nitrogens with one attached hydrogen (secondary N) is 1. The largest absolute Gasteiger partial charge is 0.310 e. The average molecular weight is 292 g/mol. The van der Waals surface area contributed by atoms with Crippen LogP contribution in [0, 0.1) is 20.8 Å². The van der Waals surface area contributed by atoms with Crippen molar-refractivity contribution in [1.29, 1.82) is 0 Å². The Labute approximate surface area is 125 Å². The quantitative estimate of drug-likeness (QED) is 0.889. The molecule has 4 nitrogen and oxygen atoms in total. The van der Waals surface area contributed by atoms with Gasteiger partial charge in [0, 0.05) is 42.2 Å². The minimum absolute atomic E-state index is 0.329. The zero-order valence-corrected chi connectivity index (χ0v) is 13.8. The maximum atomic E-state index is 4.59. The summed E-state index contributed by atoms with van der Waals surface area (Å²) >= 11 is 1.72. The summed E-state index contributed by atoms with van der Waals surface area (Å²) in [5, 5.41) is 11.5. The van der Waals surface area contributed by atoms with E-state index in [9.17, 15) is 0 Å². The van der Waals surface area contributed by atoms with Gasteiger partial charge in [0.1, 0.15) is 0 Å². The first-order valence-corrected chi connectivity index (χ1v) is 8.09. The molecule has 0 saturated heterocycles. The highest BCUT2D eigenvalue weighted by molar-refractivity contribution is 7.09. The van der Waals surface area contributed by atoms with E-state index in [0.29, 0.717) is 6.04 Å². The smallest absolute Gasteiger partial charge is 0.0897 e. The Kier molecular flexibility index (Phi) is 4.94. The molecule has 2 aromatic heterocycles. The number of rotatable bonds is 6. The van der Waals surface area contributed by atoms with Gasteiger partial charge in [-0.3, -0.25) is 4.68 Å². The third-order valence-corrected chi connectivity index (χ3v) is 4.49. The zero-order valence-electron chi connectivity index (χ0n) is 13.0. The van der Waals surface area contributed by atoms with E-state index in [1.807, 2.05) is 0 Å². The van der Waals surface area contributed by atoms with E-state index in [1.54, 1.807) is 11.3 Å². The van der Waals surface area contributed by atoms with E-state index < -0.39 is 0 Å². The Morgan fingerprint density at radius 2 is 2.10 bits per heavy atom. The predicted molar refractivity (Wildman–Crippen MR) is 84.3 cm³/mol. The highest BCUT2D eigenvalue weighted by Gasteiger charge is 2.16. The second-order valence-electron chi connectivity index (χ2n) is 5.18. The average Bonchev–Trinajstić information content (AvgIpc) is 2.93. The van der Waals surface area contributed by atoms with Gasteiger partial charge in [-0.2, -0.15) is 5.10 Å². The molecule has 0 aliphatic carbocycles. The molecule has 1 N–H and O–H groups in total. The van der Waals surface area contributed by atoms with Crippen molar-refractivity contribution in [2.75, 3.05) is 6.54 Å². The molecule has 110 valence electrons. The van der Waals surface area contributed by atoms with Crippen LogP contribution in [-0.2, 0) is 13.0 Å². The Balaban J connectivity index is 1.95. The van der Waals surface area contributed by atoms with Gasteiger partial charge in [0.25, 0.3) is 0 Å². The molecule has 0 saturated carbocycles. The fourth-order valence-electron chi connectivity index (χ4n) is 2.69. The molecule has 2 rings (SSSR count). The molecule has 0 aliphatic rings. The summed E-state index contributed by atoms with van der Waals surface area (Å²) in [6.45, 7) is 12.5. The molecule has 2 heterocycles. The van der Waals surface area contributed by atoms with Crippen LogP contribution in [0.4, 0.5) is 0 Å². The summed E-state index contributed by atoms with van der Waals surface area (Å²) in [4.78, 5) is 4.49. The van der Waals surface area contributed by atoms with Crippen LogP contribution in [0.5, 0.6) is 0 Å². The molecule has 0 aliphatic heterocycles. The van der Waals surface area contributed by atoms with Gasteiger partial charge in [0.2, 0.25) is 0 Å². The van der Waals surface area contributed by atoms with E-state index in [0.717, 1.165) is 30.2 Å². The maximum absolute atomic E-state index is 4.59. The summed E-state index contributed by atoms with van der Waals surface area (Å²) in [7, 11) is 0. The topological polar surface area (TPSA) is 42.7 Å². The molecule has 1 atom stereocenters. The third-order valence-electron chi connectivity index (χ3n) is 3.67. The Morgan fingerprint density at radius 1 is 1.35 bits per heavy atom.